The molecule has 0 fully saturated rings. The highest BCUT2D eigenvalue weighted by atomic mass is 16.9. The van der Waals surface area contributed by atoms with E-state index in [0.29, 0.717) is 0 Å². The second-order valence-corrected chi connectivity index (χ2v) is 3.65. The zero-order valence-corrected chi connectivity index (χ0v) is 12.0. The fourth-order valence-electron chi connectivity index (χ4n) is 1.13. The molecule has 0 bridgehead atoms. The molecule has 0 aromatic carbocycles. The lowest BCUT2D eigenvalue weighted by molar-refractivity contribution is -0.459. The second kappa shape index (κ2) is 8.76. The van der Waals surface area contributed by atoms with E-state index in [0.717, 1.165) is 0 Å². The van der Waals surface area contributed by atoms with Gasteiger partial charge in [0.2, 0.25) is 0 Å². The lowest BCUT2D eigenvalue weighted by atomic mass is 10.5. The lowest BCUT2D eigenvalue weighted by Gasteiger charge is -2.36. The van der Waals surface area contributed by atoms with Gasteiger partial charge in [-0.05, 0) is 20.8 Å². The number of ether oxygens (including phenoxy) is 6. The Bertz CT molecular complexity index is 184. The first-order valence-corrected chi connectivity index (χ1v) is 5.75. The van der Waals surface area contributed by atoms with E-state index < -0.39 is 24.8 Å². The van der Waals surface area contributed by atoms with Crippen LogP contribution in [0.4, 0.5) is 0 Å². The molecule has 0 rings (SSSR count). The van der Waals surface area contributed by atoms with Crippen molar-refractivity contribution < 1.29 is 28.4 Å². The van der Waals surface area contributed by atoms with E-state index in [2.05, 4.69) is 0 Å². The molecule has 0 amide bonds. The van der Waals surface area contributed by atoms with E-state index >= 15 is 0 Å². The van der Waals surface area contributed by atoms with Gasteiger partial charge >= 0.3 is 5.97 Å². The van der Waals surface area contributed by atoms with Crippen LogP contribution >= 0.6 is 0 Å². The average Bonchev–Trinajstić information content (AvgIpc) is 2.37. The molecule has 3 atom stereocenters. The Morgan fingerprint density at radius 1 is 0.778 bits per heavy atom. The van der Waals surface area contributed by atoms with E-state index in [9.17, 15) is 0 Å². The second-order valence-electron chi connectivity index (χ2n) is 3.65. The maximum absolute atomic E-state index is 5.68. The minimum absolute atomic E-state index is 0.0396. The highest BCUT2D eigenvalue weighted by Gasteiger charge is 2.38. The molecule has 0 aromatic rings. The van der Waals surface area contributed by atoms with Crippen molar-refractivity contribution in [2.45, 2.75) is 45.6 Å². The van der Waals surface area contributed by atoms with E-state index in [4.69, 9.17) is 34.2 Å². The predicted octanol–water partition coefficient (Wildman–Crippen LogP) is 0.626. The maximum Gasteiger partial charge on any atom is 0.302 e. The molecule has 18 heavy (non-hydrogen) atoms. The first-order chi connectivity index (χ1) is 8.42. The molecule has 0 aliphatic rings. The van der Waals surface area contributed by atoms with Crippen molar-refractivity contribution in [1.82, 2.24) is 0 Å². The number of nitrogens with two attached hydrogens (primary N) is 1. The molecule has 0 saturated carbocycles. The zero-order valence-electron chi connectivity index (χ0n) is 12.0. The first-order valence-electron chi connectivity index (χ1n) is 5.75. The summed E-state index contributed by atoms with van der Waals surface area (Å²) < 4.78 is 31.6. The van der Waals surface area contributed by atoms with Gasteiger partial charge in [0, 0.05) is 21.3 Å². The van der Waals surface area contributed by atoms with Crippen LogP contribution < -0.4 is 5.73 Å². The Kier molecular flexibility index (Phi) is 8.62. The summed E-state index contributed by atoms with van der Waals surface area (Å²) in [7, 11) is 4.52. The SMILES string of the molecule is COC(C)OC(CN)(OC(C)OC)OC(C)OC. The van der Waals surface area contributed by atoms with Crippen LogP contribution in [-0.2, 0) is 28.4 Å². The molecule has 0 heterocycles. The van der Waals surface area contributed by atoms with Gasteiger partial charge in [-0.1, -0.05) is 0 Å². The number of rotatable bonds is 10. The quantitative estimate of drug-likeness (QED) is 0.581. The fourth-order valence-corrected chi connectivity index (χ4v) is 1.13. The predicted molar refractivity (Wildman–Crippen MR) is 64.5 cm³/mol. The van der Waals surface area contributed by atoms with Crippen LogP contribution in [0.15, 0.2) is 0 Å². The molecule has 0 saturated heterocycles. The van der Waals surface area contributed by atoms with E-state index in [1.807, 2.05) is 0 Å². The summed E-state index contributed by atoms with van der Waals surface area (Å²) in [5.41, 5.74) is 5.68. The Hall–Kier alpha value is -0.280. The van der Waals surface area contributed by atoms with Crippen LogP contribution in [0.3, 0.4) is 0 Å². The van der Waals surface area contributed by atoms with Gasteiger partial charge in [0.1, 0.15) is 0 Å². The van der Waals surface area contributed by atoms with Crippen LogP contribution in [0.5, 0.6) is 0 Å². The third-order valence-electron chi connectivity index (χ3n) is 2.28. The van der Waals surface area contributed by atoms with Crippen LogP contribution in [0.25, 0.3) is 0 Å². The third-order valence-corrected chi connectivity index (χ3v) is 2.28. The molecule has 0 aliphatic carbocycles. The lowest BCUT2D eigenvalue weighted by Crippen LogP contribution is -2.52. The summed E-state index contributed by atoms with van der Waals surface area (Å²) in [5, 5.41) is 0. The van der Waals surface area contributed by atoms with Crippen LogP contribution in [0, 0.1) is 0 Å². The highest BCUT2D eigenvalue weighted by molar-refractivity contribution is 4.61. The topological polar surface area (TPSA) is 81.4 Å². The Morgan fingerprint density at radius 2 is 1.06 bits per heavy atom. The molecule has 3 unspecified atom stereocenters. The van der Waals surface area contributed by atoms with Crippen LogP contribution in [0.1, 0.15) is 20.8 Å². The van der Waals surface area contributed by atoms with Gasteiger partial charge in [-0.2, -0.15) is 0 Å². The van der Waals surface area contributed by atoms with Crippen molar-refractivity contribution >= 4 is 0 Å². The molecule has 110 valence electrons. The number of hydrogen-bond acceptors (Lipinski definition) is 7. The summed E-state index contributed by atoms with van der Waals surface area (Å²) in [6.07, 6.45) is -1.66. The summed E-state index contributed by atoms with van der Waals surface area (Å²) in [6.45, 7) is 5.06. The van der Waals surface area contributed by atoms with Crippen LogP contribution in [0.2, 0.25) is 0 Å². The Labute approximate surface area is 108 Å². The molecule has 2 N–H and O–H groups in total. The van der Waals surface area contributed by atoms with Gasteiger partial charge in [0.05, 0.1) is 6.54 Å². The van der Waals surface area contributed by atoms with Gasteiger partial charge in [-0.3, -0.25) is 14.2 Å². The molecule has 0 aliphatic heterocycles. The highest BCUT2D eigenvalue weighted by Crippen LogP contribution is 2.21. The van der Waals surface area contributed by atoms with Crippen molar-refractivity contribution in [3.05, 3.63) is 0 Å². The molecule has 7 heteroatoms. The largest absolute Gasteiger partial charge is 0.356 e. The van der Waals surface area contributed by atoms with E-state index in [1.54, 1.807) is 20.8 Å². The van der Waals surface area contributed by atoms with Crippen molar-refractivity contribution in [2.75, 3.05) is 27.9 Å². The van der Waals surface area contributed by atoms with Crippen molar-refractivity contribution in [1.29, 1.82) is 0 Å². The summed E-state index contributed by atoms with van der Waals surface area (Å²) in [6, 6.07) is 0. The third kappa shape index (κ3) is 6.05. The Morgan fingerprint density at radius 3 is 1.22 bits per heavy atom. The molecule has 0 spiro atoms. The minimum atomic E-state index is -1.49. The van der Waals surface area contributed by atoms with Crippen molar-refractivity contribution in [3.63, 3.8) is 0 Å². The smallest absolute Gasteiger partial charge is 0.302 e. The van der Waals surface area contributed by atoms with Gasteiger partial charge < -0.3 is 19.9 Å². The Balaban J connectivity index is 4.81. The molecule has 0 aromatic heterocycles. The van der Waals surface area contributed by atoms with Gasteiger partial charge in [0.25, 0.3) is 0 Å². The number of hydrogen-bond donors (Lipinski definition) is 1. The fraction of sp³-hybridized carbons (Fsp3) is 1.00. The van der Waals surface area contributed by atoms with Gasteiger partial charge in [-0.15, -0.1) is 0 Å². The standard InChI is InChI=1S/C11H25NO6/c1-8(13-4)16-11(7-12,17-9(2)14-5)18-10(3)15-6/h8-10H,7,12H2,1-6H3. The zero-order chi connectivity index (χ0) is 14.2. The van der Waals surface area contributed by atoms with E-state index in [1.165, 1.54) is 21.3 Å². The number of methoxy groups -OCH3 is 3. The summed E-state index contributed by atoms with van der Waals surface area (Å²) >= 11 is 0. The first kappa shape index (κ1) is 17.7. The van der Waals surface area contributed by atoms with Crippen molar-refractivity contribution in [2.24, 2.45) is 5.73 Å². The molecular formula is C11H25NO6. The van der Waals surface area contributed by atoms with Crippen LogP contribution in [-0.4, -0.2) is 52.7 Å². The molecular weight excluding hydrogens is 242 g/mol. The van der Waals surface area contributed by atoms with Gasteiger partial charge in [-0.25, -0.2) is 0 Å². The molecule has 7 nitrogen and oxygen atoms in total. The van der Waals surface area contributed by atoms with E-state index in [-0.39, 0.29) is 6.54 Å². The summed E-state index contributed by atoms with van der Waals surface area (Å²) in [5.74, 6) is -1.49. The maximum atomic E-state index is 5.68. The van der Waals surface area contributed by atoms with Gasteiger partial charge in [0.15, 0.2) is 18.9 Å². The summed E-state index contributed by atoms with van der Waals surface area (Å²) in [4.78, 5) is 0. The molecule has 0 radical (unpaired) electrons. The van der Waals surface area contributed by atoms with Crippen molar-refractivity contribution in [3.8, 4) is 0 Å². The average molecular weight is 267 g/mol. The monoisotopic (exact) mass is 267 g/mol. The normalized spacial score (nSPS) is 20.2. The minimum Gasteiger partial charge on any atom is -0.356 e.